The summed E-state index contributed by atoms with van der Waals surface area (Å²) in [5, 5.41) is 9.17. The van der Waals surface area contributed by atoms with E-state index in [2.05, 4.69) is 0 Å². The molecule has 1 rings (SSSR count). The van der Waals surface area contributed by atoms with Crippen molar-refractivity contribution in [2.45, 2.75) is 64.2 Å². The Kier molecular flexibility index (Phi) is 9.18. The molecule has 0 saturated heterocycles. The van der Waals surface area contributed by atoms with Crippen molar-refractivity contribution in [1.82, 2.24) is 0 Å². The highest BCUT2D eigenvalue weighted by Gasteiger charge is 2.05. The normalized spacial score (nSPS) is 10.5. The van der Waals surface area contributed by atoms with E-state index in [1.54, 1.807) is 24.3 Å². The number of rotatable bonds is 12. The van der Waals surface area contributed by atoms with Gasteiger partial charge in [0.05, 0.1) is 0 Å². The van der Waals surface area contributed by atoms with Gasteiger partial charge in [0.1, 0.15) is 12.0 Å². The number of unbranched alkanes of at least 4 members (excludes halogenated alkanes) is 8. The van der Waals surface area contributed by atoms with Gasteiger partial charge in [0.25, 0.3) is 0 Å². The summed E-state index contributed by atoms with van der Waals surface area (Å²) in [4.78, 5) is 22.0. The number of hydrogen-bond donors (Lipinski definition) is 1. The average Bonchev–Trinajstić information content (AvgIpc) is 2.49. The highest BCUT2D eigenvalue weighted by Crippen LogP contribution is 2.14. The van der Waals surface area contributed by atoms with Gasteiger partial charge < -0.3 is 9.90 Å². The maximum atomic E-state index is 11.9. The predicted molar refractivity (Wildman–Crippen MR) is 84.7 cm³/mol. The summed E-state index contributed by atoms with van der Waals surface area (Å²) in [6, 6.07) is 6.46. The molecule has 1 aromatic carbocycles. The number of ketones is 1. The maximum Gasteiger partial charge on any atom is 0.162 e. The molecule has 0 spiro atoms. The molecule has 3 nitrogen and oxygen atoms in total. The lowest BCUT2D eigenvalue weighted by Gasteiger charge is -2.03. The number of aldehydes is 1. The third-order valence-corrected chi connectivity index (χ3v) is 3.67. The van der Waals surface area contributed by atoms with E-state index in [9.17, 15) is 14.7 Å². The smallest absolute Gasteiger partial charge is 0.162 e. The van der Waals surface area contributed by atoms with Crippen molar-refractivity contribution in [3.8, 4) is 5.75 Å². The second kappa shape index (κ2) is 11.1. The molecule has 0 heterocycles. The molecule has 21 heavy (non-hydrogen) atoms. The van der Waals surface area contributed by atoms with Crippen LogP contribution in [0.25, 0.3) is 0 Å². The molecule has 116 valence electrons. The fourth-order valence-corrected chi connectivity index (χ4v) is 2.37. The van der Waals surface area contributed by atoms with Crippen LogP contribution < -0.4 is 0 Å². The monoisotopic (exact) mass is 290 g/mol. The number of hydrogen-bond acceptors (Lipinski definition) is 3. The van der Waals surface area contributed by atoms with Crippen molar-refractivity contribution in [2.75, 3.05) is 0 Å². The summed E-state index contributed by atoms with van der Waals surface area (Å²) in [5.74, 6) is 0.351. The highest BCUT2D eigenvalue weighted by molar-refractivity contribution is 5.96. The minimum atomic E-state index is 0.156. The van der Waals surface area contributed by atoms with E-state index >= 15 is 0 Å². The van der Waals surface area contributed by atoms with Crippen LogP contribution in [-0.4, -0.2) is 17.2 Å². The van der Waals surface area contributed by atoms with Gasteiger partial charge in [-0.2, -0.15) is 0 Å². The Morgan fingerprint density at radius 2 is 1.38 bits per heavy atom. The summed E-state index contributed by atoms with van der Waals surface area (Å²) < 4.78 is 0. The topological polar surface area (TPSA) is 54.4 Å². The van der Waals surface area contributed by atoms with E-state index in [4.69, 9.17) is 0 Å². The zero-order valence-corrected chi connectivity index (χ0v) is 12.7. The van der Waals surface area contributed by atoms with Gasteiger partial charge in [-0.25, -0.2) is 0 Å². The molecular weight excluding hydrogens is 264 g/mol. The zero-order valence-electron chi connectivity index (χ0n) is 12.7. The van der Waals surface area contributed by atoms with Crippen molar-refractivity contribution in [3.63, 3.8) is 0 Å². The summed E-state index contributed by atoms with van der Waals surface area (Å²) >= 11 is 0. The lowest BCUT2D eigenvalue weighted by molar-refractivity contribution is -0.107. The first kappa shape index (κ1) is 17.4. The minimum absolute atomic E-state index is 0.156. The molecule has 0 amide bonds. The molecule has 3 heteroatoms. The van der Waals surface area contributed by atoms with E-state index in [1.165, 1.54) is 25.7 Å². The quantitative estimate of drug-likeness (QED) is 0.345. The third kappa shape index (κ3) is 8.28. The van der Waals surface area contributed by atoms with E-state index in [0.717, 1.165) is 32.0 Å². The Balaban J connectivity index is 1.97. The summed E-state index contributed by atoms with van der Waals surface area (Å²) in [7, 11) is 0. The van der Waals surface area contributed by atoms with Gasteiger partial charge in [0, 0.05) is 18.4 Å². The third-order valence-electron chi connectivity index (χ3n) is 3.67. The van der Waals surface area contributed by atoms with Gasteiger partial charge in [0.15, 0.2) is 5.78 Å². The number of Topliss-reactive ketones (excluding diaryl/α,β-unsaturated/α-hetero) is 1. The van der Waals surface area contributed by atoms with Gasteiger partial charge >= 0.3 is 0 Å². The minimum Gasteiger partial charge on any atom is -0.508 e. The van der Waals surface area contributed by atoms with E-state index in [-0.39, 0.29) is 11.5 Å². The molecule has 0 saturated carbocycles. The van der Waals surface area contributed by atoms with Gasteiger partial charge in [-0.3, -0.25) is 4.79 Å². The molecule has 1 N–H and O–H groups in total. The average molecular weight is 290 g/mol. The maximum absolute atomic E-state index is 11.9. The standard InChI is InChI=1S/C18H26O3/c19-15-9-7-5-3-1-2-4-6-8-10-18(21)16-11-13-17(20)14-12-16/h11-15,20H,1-10H2. The second-order valence-corrected chi connectivity index (χ2v) is 5.50. The Bertz CT molecular complexity index is 409. The fourth-order valence-electron chi connectivity index (χ4n) is 2.37. The molecule has 0 atom stereocenters. The first-order valence-corrected chi connectivity index (χ1v) is 8.00. The Labute approximate surface area is 127 Å². The number of carbonyl (C=O) groups is 2. The lowest BCUT2D eigenvalue weighted by Crippen LogP contribution is -1.98. The largest absolute Gasteiger partial charge is 0.508 e. The first-order chi connectivity index (χ1) is 10.2. The van der Waals surface area contributed by atoms with Crippen LogP contribution in [-0.2, 0) is 4.79 Å². The van der Waals surface area contributed by atoms with Gasteiger partial charge in [0.2, 0.25) is 0 Å². The van der Waals surface area contributed by atoms with Crippen molar-refractivity contribution in [2.24, 2.45) is 0 Å². The fraction of sp³-hybridized carbons (Fsp3) is 0.556. The first-order valence-electron chi connectivity index (χ1n) is 8.00. The summed E-state index contributed by atoms with van der Waals surface area (Å²) in [5.41, 5.74) is 0.683. The Hall–Kier alpha value is -1.64. The van der Waals surface area contributed by atoms with Crippen LogP contribution in [0.3, 0.4) is 0 Å². The van der Waals surface area contributed by atoms with Gasteiger partial charge in [-0.1, -0.05) is 38.5 Å². The molecule has 0 radical (unpaired) electrons. The number of phenolic OH excluding ortho intramolecular Hbond substituents is 1. The second-order valence-electron chi connectivity index (χ2n) is 5.50. The highest BCUT2D eigenvalue weighted by atomic mass is 16.3. The molecule has 0 fully saturated rings. The summed E-state index contributed by atoms with van der Waals surface area (Å²) in [6.45, 7) is 0. The number of phenols is 1. The molecule has 0 bridgehead atoms. The number of aromatic hydroxyl groups is 1. The van der Waals surface area contributed by atoms with E-state index in [1.807, 2.05) is 0 Å². The van der Waals surface area contributed by atoms with Gasteiger partial charge in [-0.15, -0.1) is 0 Å². The molecule has 0 aliphatic carbocycles. The van der Waals surface area contributed by atoms with Crippen molar-refractivity contribution >= 4 is 12.1 Å². The van der Waals surface area contributed by atoms with Crippen molar-refractivity contribution in [3.05, 3.63) is 29.8 Å². The Morgan fingerprint density at radius 3 is 1.95 bits per heavy atom. The molecule has 0 aliphatic rings. The molecular formula is C18H26O3. The van der Waals surface area contributed by atoms with Crippen molar-refractivity contribution in [1.29, 1.82) is 0 Å². The number of carbonyl (C=O) groups excluding carboxylic acids is 2. The van der Waals surface area contributed by atoms with Crippen LogP contribution in [0.4, 0.5) is 0 Å². The molecule has 0 aliphatic heterocycles. The van der Waals surface area contributed by atoms with Crippen LogP contribution in [0.1, 0.15) is 74.6 Å². The predicted octanol–water partition coefficient (Wildman–Crippen LogP) is 4.67. The van der Waals surface area contributed by atoms with E-state index < -0.39 is 0 Å². The molecule has 0 unspecified atom stereocenters. The van der Waals surface area contributed by atoms with Crippen LogP contribution in [0.2, 0.25) is 0 Å². The SMILES string of the molecule is O=CCCCCCCCCCCC(=O)c1ccc(O)cc1. The van der Waals surface area contributed by atoms with Crippen LogP contribution >= 0.6 is 0 Å². The van der Waals surface area contributed by atoms with Crippen LogP contribution in [0.15, 0.2) is 24.3 Å². The van der Waals surface area contributed by atoms with E-state index in [0.29, 0.717) is 18.4 Å². The lowest BCUT2D eigenvalue weighted by atomic mass is 10.0. The number of benzene rings is 1. The van der Waals surface area contributed by atoms with Crippen LogP contribution in [0.5, 0.6) is 5.75 Å². The van der Waals surface area contributed by atoms with Gasteiger partial charge in [-0.05, 0) is 37.1 Å². The molecule has 1 aromatic rings. The zero-order chi connectivity index (χ0) is 15.3. The van der Waals surface area contributed by atoms with Crippen LogP contribution in [0, 0.1) is 0 Å². The van der Waals surface area contributed by atoms with Crippen molar-refractivity contribution < 1.29 is 14.7 Å². The summed E-state index contributed by atoms with van der Waals surface area (Å²) in [6.07, 6.45) is 11.3. The molecule has 0 aromatic heterocycles. The Morgan fingerprint density at radius 1 is 0.857 bits per heavy atom.